The molecule has 0 fully saturated rings. The molecule has 0 saturated carbocycles. The summed E-state index contributed by atoms with van der Waals surface area (Å²) in [4.78, 5) is 10.8. The number of carbonyl (C=O) groups excluding carboxylic acids is 1. The fourth-order valence-corrected chi connectivity index (χ4v) is 1.55. The molecule has 0 unspecified atom stereocenters. The average molecular weight is 290 g/mol. The Hall–Kier alpha value is -1.10. The molecule has 0 aliphatic heterocycles. The van der Waals surface area contributed by atoms with E-state index in [2.05, 4.69) is 26.0 Å². The molecule has 0 bridgehead atoms. The highest BCUT2D eigenvalue weighted by molar-refractivity contribution is 9.10. The third kappa shape index (κ3) is 4.18. The molecule has 1 N–H and O–H groups in total. The molecule has 0 saturated heterocycles. The van der Waals surface area contributed by atoms with E-state index in [1.165, 1.54) is 13.2 Å². The molecule has 1 rings (SSSR count). The molecular weight excluding hydrogens is 277 g/mol. The van der Waals surface area contributed by atoms with E-state index >= 15 is 0 Å². The third-order valence-electron chi connectivity index (χ3n) is 2.03. The molecule has 16 heavy (non-hydrogen) atoms. The number of halogens is 2. The second-order valence-electron chi connectivity index (χ2n) is 3.23. The summed E-state index contributed by atoms with van der Waals surface area (Å²) in [5, 5.41) is 2.92. The first-order valence-corrected chi connectivity index (χ1v) is 5.68. The fraction of sp³-hybridized carbons (Fsp3) is 0.364. The molecule has 0 aliphatic rings. The first kappa shape index (κ1) is 13.0. The summed E-state index contributed by atoms with van der Waals surface area (Å²) in [7, 11) is 1.35. The molecule has 1 aromatic carbocycles. The van der Waals surface area contributed by atoms with Gasteiger partial charge in [-0.2, -0.15) is 0 Å². The zero-order valence-electron chi connectivity index (χ0n) is 8.93. The summed E-state index contributed by atoms with van der Waals surface area (Å²) >= 11 is 3.26. The maximum absolute atomic E-state index is 13.2. The van der Waals surface area contributed by atoms with Crippen LogP contribution in [0.3, 0.4) is 0 Å². The van der Waals surface area contributed by atoms with Crippen LogP contribution in [0.5, 0.6) is 0 Å². The van der Waals surface area contributed by atoms with Gasteiger partial charge in [-0.1, -0.05) is 15.9 Å². The molecule has 0 atom stereocenters. The number of rotatable bonds is 5. The molecule has 0 spiro atoms. The van der Waals surface area contributed by atoms with Gasteiger partial charge >= 0.3 is 5.97 Å². The fourth-order valence-electron chi connectivity index (χ4n) is 1.19. The van der Waals surface area contributed by atoms with Crippen molar-refractivity contribution in [3.05, 3.63) is 28.5 Å². The smallest absolute Gasteiger partial charge is 0.305 e. The number of benzene rings is 1. The summed E-state index contributed by atoms with van der Waals surface area (Å²) in [6, 6.07) is 4.68. The number of anilines is 1. The van der Waals surface area contributed by atoms with E-state index in [1.807, 2.05) is 0 Å². The van der Waals surface area contributed by atoms with Gasteiger partial charge in [0.15, 0.2) is 0 Å². The molecule has 5 heteroatoms. The number of hydrogen-bond donors (Lipinski definition) is 1. The molecule has 0 radical (unpaired) electrons. The van der Waals surface area contributed by atoms with Crippen molar-refractivity contribution >= 4 is 27.6 Å². The van der Waals surface area contributed by atoms with Crippen LogP contribution in [-0.2, 0) is 9.53 Å². The van der Waals surface area contributed by atoms with Gasteiger partial charge in [0.25, 0.3) is 0 Å². The van der Waals surface area contributed by atoms with E-state index in [1.54, 1.807) is 12.1 Å². The van der Waals surface area contributed by atoms with Gasteiger partial charge < -0.3 is 10.1 Å². The standard InChI is InChI=1S/C11H13BrFNO2/c1-16-11(15)3-2-6-14-10-7-8(12)4-5-9(10)13/h4-5,7,14H,2-3,6H2,1H3. The Labute approximate surface area is 102 Å². The number of carbonyl (C=O) groups is 1. The quantitative estimate of drug-likeness (QED) is 0.669. The van der Waals surface area contributed by atoms with Crippen molar-refractivity contribution in [1.82, 2.24) is 0 Å². The van der Waals surface area contributed by atoms with Crippen LogP contribution in [0.15, 0.2) is 22.7 Å². The molecule has 1 aromatic rings. The summed E-state index contributed by atoms with van der Waals surface area (Å²) in [5.41, 5.74) is 0.430. The second-order valence-corrected chi connectivity index (χ2v) is 4.15. The van der Waals surface area contributed by atoms with Crippen LogP contribution < -0.4 is 5.32 Å². The maximum atomic E-state index is 13.2. The van der Waals surface area contributed by atoms with Gasteiger partial charge in [0, 0.05) is 17.4 Å². The monoisotopic (exact) mass is 289 g/mol. The van der Waals surface area contributed by atoms with Crippen LogP contribution in [0.4, 0.5) is 10.1 Å². The maximum Gasteiger partial charge on any atom is 0.305 e. The van der Waals surface area contributed by atoms with Crippen LogP contribution in [0.1, 0.15) is 12.8 Å². The Morgan fingerprint density at radius 3 is 3.00 bits per heavy atom. The molecular formula is C11H13BrFNO2. The largest absolute Gasteiger partial charge is 0.469 e. The first-order chi connectivity index (χ1) is 7.63. The minimum atomic E-state index is -0.304. The normalized spacial score (nSPS) is 9.94. The lowest BCUT2D eigenvalue weighted by atomic mass is 10.2. The van der Waals surface area contributed by atoms with Crippen LogP contribution in [0, 0.1) is 5.82 Å². The number of methoxy groups -OCH3 is 1. The van der Waals surface area contributed by atoms with E-state index in [-0.39, 0.29) is 11.8 Å². The zero-order valence-corrected chi connectivity index (χ0v) is 10.5. The molecule has 88 valence electrons. The number of ether oxygens (including phenoxy) is 1. The Bertz CT molecular complexity index is 371. The first-order valence-electron chi connectivity index (χ1n) is 4.89. The average Bonchev–Trinajstić information content (AvgIpc) is 2.28. The molecule has 0 amide bonds. The van der Waals surface area contributed by atoms with Crippen molar-refractivity contribution in [2.24, 2.45) is 0 Å². The van der Waals surface area contributed by atoms with Gasteiger partial charge in [0.1, 0.15) is 5.82 Å². The highest BCUT2D eigenvalue weighted by Crippen LogP contribution is 2.19. The van der Waals surface area contributed by atoms with E-state index in [4.69, 9.17) is 0 Å². The number of esters is 1. The number of nitrogens with one attached hydrogen (secondary N) is 1. The molecule has 3 nitrogen and oxygen atoms in total. The van der Waals surface area contributed by atoms with E-state index in [0.29, 0.717) is 25.1 Å². The predicted molar refractivity (Wildman–Crippen MR) is 63.8 cm³/mol. The summed E-state index contributed by atoms with van der Waals surface area (Å²) in [6.45, 7) is 0.530. The lowest BCUT2D eigenvalue weighted by Crippen LogP contribution is -2.07. The van der Waals surface area contributed by atoms with Crippen LogP contribution in [-0.4, -0.2) is 19.6 Å². The van der Waals surface area contributed by atoms with Crippen molar-refractivity contribution in [1.29, 1.82) is 0 Å². The topological polar surface area (TPSA) is 38.3 Å². The van der Waals surface area contributed by atoms with Crippen molar-refractivity contribution in [3.63, 3.8) is 0 Å². The summed E-state index contributed by atoms with van der Waals surface area (Å²) in [5.74, 6) is -0.558. The summed E-state index contributed by atoms with van der Waals surface area (Å²) < 4.78 is 18.6. The lowest BCUT2D eigenvalue weighted by Gasteiger charge is -2.07. The highest BCUT2D eigenvalue weighted by Gasteiger charge is 2.03. The third-order valence-corrected chi connectivity index (χ3v) is 2.52. The minimum absolute atomic E-state index is 0.253. The van der Waals surface area contributed by atoms with Gasteiger partial charge in [0.05, 0.1) is 12.8 Å². The Kier molecular flexibility index (Phi) is 5.25. The van der Waals surface area contributed by atoms with Crippen molar-refractivity contribution in [2.45, 2.75) is 12.8 Å². The van der Waals surface area contributed by atoms with Gasteiger partial charge in [-0.15, -0.1) is 0 Å². The van der Waals surface area contributed by atoms with Crippen molar-refractivity contribution in [2.75, 3.05) is 19.0 Å². The predicted octanol–water partition coefficient (Wildman–Crippen LogP) is 2.95. The van der Waals surface area contributed by atoms with Gasteiger partial charge in [0.2, 0.25) is 0 Å². The van der Waals surface area contributed by atoms with Gasteiger partial charge in [-0.05, 0) is 24.6 Å². The van der Waals surface area contributed by atoms with Crippen LogP contribution in [0.25, 0.3) is 0 Å². The Morgan fingerprint density at radius 2 is 2.31 bits per heavy atom. The summed E-state index contributed by atoms with van der Waals surface area (Å²) in [6.07, 6.45) is 0.942. The number of hydrogen-bond acceptors (Lipinski definition) is 3. The van der Waals surface area contributed by atoms with E-state index < -0.39 is 0 Å². The SMILES string of the molecule is COC(=O)CCCNc1cc(Br)ccc1F. The van der Waals surface area contributed by atoms with Crippen LogP contribution >= 0.6 is 15.9 Å². The molecule has 0 aromatic heterocycles. The molecule has 0 aliphatic carbocycles. The Morgan fingerprint density at radius 1 is 1.56 bits per heavy atom. The van der Waals surface area contributed by atoms with Gasteiger partial charge in [-0.25, -0.2) is 4.39 Å². The second kappa shape index (κ2) is 6.48. The molecule has 0 heterocycles. The van der Waals surface area contributed by atoms with E-state index in [9.17, 15) is 9.18 Å². The van der Waals surface area contributed by atoms with Crippen molar-refractivity contribution < 1.29 is 13.9 Å². The van der Waals surface area contributed by atoms with Gasteiger partial charge in [-0.3, -0.25) is 4.79 Å². The lowest BCUT2D eigenvalue weighted by molar-refractivity contribution is -0.140. The Balaban J connectivity index is 2.37. The van der Waals surface area contributed by atoms with Crippen molar-refractivity contribution in [3.8, 4) is 0 Å². The zero-order chi connectivity index (χ0) is 12.0. The van der Waals surface area contributed by atoms with Crippen LogP contribution in [0.2, 0.25) is 0 Å². The minimum Gasteiger partial charge on any atom is -0.469 e. The van der Waals surface area contributed by atoms with E-state index in [0.717, 1.165) is 4.47 Å². The highest BCUT2D eigenvalue weighted by atomic mass is 79.9.